The lowest BCUT2D eigenvalue weighted by Crippen LogP contribution is -2.45. The van der Waals surface area contributed by atoms with Crippen LogP contribution in [0.3, 0.4) is 0 Å². The molecule has 3 rings (SSSR count). The Morgan fingerprint density at radius 1 is 1.17 bits per heavy atom. The topological polar surface area (TPSA) is 49.3 Å². The van der Waals surface area contributed by atoms with Crippen LogP contribution in [0, 0.1) is 5.41 Å². The van der Waals surface area contributed by atoms with Gasteiger partial charge in [0.2, 0.25) is 0 Å². The zero-order valence-corrected chi connectivity index (χ0v) is 17.5. The predicted molar refractivity (Wildman–Crippen MR) is 107 cm³/mol. The van der Waals surface area contributed by atoms with Gasteiger partial charge in [-0.2, -0.15) is 0 Å². The van der Waals surface area contributed by atoms with Crippen molar-refractivity contribution in [3.05, 3.63) is 0 Å². The van der Waals surface area contributed by atoms with Gasteiger partial charge in [0.05, 0.1) is 26.4 Å². The number of nitrogens with one attached hydrogen (secondary N) is 1. The Balaban J connectivity index is 0.00000208. The maximum atomic E-state index is 5.64. The highest BCUT2D eigenvalue weighted by molar-refractivity contribution is 14.0. The highest BCUT2D eigenvalue weighted by Gasteiger charge is 2.42. The van der Waals surface area contributed by atoms with Crippen molar-refractivity contribution in [3.63, 3.8) is 0 Å². The van der Waals surface area contributed by atoms with Gasteiger partial charge < -0.3 is 19.7 Å². The second kappa shape index (κ2) is 9.54. The van der Waals surface area contributed by atoms with Gasteiger partial charge in [-0.3, -0.25) is 9.89 Å². The van der Waals surface area contributed by atoms with Crippen molar-refractivity contribution < 1.29 is 9.47 Å². The summed E-state index contributed by atoms with van der Waals surface area (Å²) in [5.74, 6) is 1.08. The largest absolute Gasteiger partial charge is 0.381 e. The van der Waals surface area contributed by atoms with E-state index in [0.717, 1.165) is 71.7 Å². The summed E-state index contributed by atoms with van der Waals surface area (Å²) in [6, 6.07) is 0.471. The van der Waals surface area contributed by atoms with Gasteiger partial charge >= 0.3 is 0 Å². The van der Waals surface area contributed by atoms with Crippen molar-refractivity contribution in [2.24, 2.45) is 10.4 Å². The molecule has 0 aliphatic carbocycles. The highest BCUT2D eigenvalue weighted by atomic mass is 127. The van der Waals surface area contributed by atoms with Crippen LogP contribution in [0.1, 0.15) is 26.7 Å². The maximum Gasteiger partial charge on any atom is 0.193 e. The standard InChI is InChI=1S/C17H32N4O2.HI/c1-3-18-16(19-12-15(2)20-7-10-22-11-8-20)21-6-4-17(13-21)5-9-23-14-17;/h15H,3-14H2,1-2H3,(H,18,19);1H. The second-order valence-corrected chi connectivity index (χ2v) is 7.17. The molecule has 0 aromatic carbocycles. The summed E-state index contributed by atoms with van der Waals surface area (Å²) in [6.07, 6.45) is 2.43. The average Bonchev–Trinajstić information content (AvgIpc) is 3.22. The zero-order valence-electron chi connectivity index (χ0n) is 15.1. The van der Waals surface area contributed by atoms with Gasteiger partial charge in [0.15, 0.2) is 5.96 Å². The summed E-state index contributed by atoms with van der Waals surface area (Å²) in [5.41, 5.74) is 0.381. The van der Waals surface area contributed by atoms with Gasteiger partial charge in [-0.15, -0.1) is 24.0 Å². The van der Waals surface area contributed by atoms with Gasteiger partial charge in [0.25, 0.3) is 0 Å². The van der Waals surface area contributed by atoms with Gasteiger partial charge in [0, 0.05) is 50.8 Å². The molecule has 1 N–H and O–H groups in total. The first kappa shape index (κ1) is 20.2. The van der Waals surface area contributed by atoms with E-state index in [9.17, 15) is 0 Å². The van der Waals surface area contributed by atoms with Crippen LogP contribution in [0.5, 0.6) is 0 Å². The molecule has 2 atom stereocenters. The minimum atomic E-state index is 0. The molecule has 3 aliphatic rings. The van der Waals surface area contributed by atoms with Crippen molar-refractivity contribution >= 4 is 29.9 Å². The Hall–Kier alpha value is -0.120. The van der Waals surface area contributed by atoms with E-state index >= 15 is 0 Å². The monoisotopic (exact) mass is 452 g/mol. The Bertz CT molecular complexity index is 409. The Kier molecular flexibility index (Phi) is 8.03. The minimum absolute atomic E-state index is 0. The third-order valence-electron chi connectivity index (χ3n) is 5.43. The predicted octanol–water partition coefficient (Wildman–Crippen LogP) is 1.40. The van der Waals surface area contributed by atoms with Crippen LogP contribution in [0.15, 0.2) is 4.99 Å². The van der Waals surface area contributed by atoms with Crippen LogP contribution in [-0.4, -0.2) is 87.5 Å². The molecule has 3 aliphatic heterocycles. The number of morpholine rings is 1. The first-order valence-electron chi connectivity index (χ1n) is 9.15. The van der Waals surface area contributed by atoms with Crippen molar-refractivity contribution in [1.29, 1.82) is 0 Å². The lowest BCUT2D eigenvalue weighted by Gasteiger charge is -2.32. The SMILES string of the molecule is CCNC(=NCC(C)N1CCOCC1)N1CCC2(CCOC2)C1.I. The fourth-order valence-corrected chi connectivity index (χ4v) is 3.87. The summed E-state index contributed by atoms with van der Waals surface area (Å²) < 4.78 is 11.1. The smallest absolute Gasteiger partial charge is 0.193 e. The van der Waals surface area contributed by atoms with E-state index in [1.165, 1.54) is 12.8 Å². The number of nitrogens with zero attached hydrogens (tertiary/aromatic N) is 3. The van der Waals surface area contributed by atoms with Gasteiger partial charge in [-0.1, -0.05) is 0 Å². The van der Waals surface area contributed by atoms with E-state index in [-0.39, 0.29) is 24.0 Å². The molecule has 3 fully saturated rings. The number of rotatable bonds is 4. The molecule has 1 spiro atoms. The molecule has 0 aromatic heterocycles. The molecule has 0 bridgehead atoms. The molecule has 6 nitrogen and oxygen atoms in total. The van der Waals surface area contributed by atoms with Crippen molar-refractivity contribution in [1.82, 2.24) is 15.1 Å². The van der Waals surface area contributed by atoms with Crippen molar-refractivity contribution in [2.45, 2.75) is 32.7 Å². The van der Waals surface area contributed by atoms with E-state index in [1.807, 2.05) is 0 Å². The van der Waals surface area contributed by atoms with E-state index in [1.54, 1.807) is 0 Å². The first-order chi connectivity index (χ1) is 11.2. The summed E-state index contributed by atoms with van der Waals surface area (Å²) in [5, 5.41) is 3.48. The molecule has 0 saturated carbocycles. The van der Waals surface area contributed by atoms with Crippen LogP contribution >= 0.6 is 24.0 Å². The summed E-state index contributed by atoms with van der Waals surface area (Å²) >= 11 is 0. The fourth-order valence-electron chi connectivity index (χ4n) is 3.87. The highest BCUT2D eigenvalue weighted by Crippen LogP contribution is 2.38. The van der Waals surface area contributed by atoms with Crippen molar-refractivity contribution in [2.75, 3.05) is 65.7 Å². The Morgan fingerprint density at radius 3 is 2.62 bits per heavy atom. The lowest BCUT2D eigenvalue weighted by molar-refractivity contribution is 0.0220. The molecule has 0 aromatic rings. The fraction of sp³-hybridized carbons (Fsp3) is 0.941. The third-order valence-corrected chi connectivity index (χ3v) is 5.43. The van der Waals surface area contributed by atoms with E-state index < -0.39 is 0 Å². The number of likely N-dealkylation sites (tertiary alicyclic amines) is 1. The molecule has 140 valence electrons. The van der Waals surface area contributed by atoms with Crippen molar-refractivity contribution in [3.8, 4) is 0 Å². The van der Waals surface area contributed by atoms with Gasteiger partial charge in [-0.05, 0) is 26.7 Å². The number of hydrogen-bond donors (Lipinski definition) is 1. The van der Waals surface area contributed by atoms with E-state index in [4.69, 9.17) is 14.5 Å². The van der Waals surface area contributed by atoms with Gasteiger partial charge in [0.1, 0.15) is 0 Å². The minimum Gasteiger partial charge on any atom is -0.381 e. The molecule has 3 saturated heterocycles. The van der Waals surface area contributed by atoms with Crippen LogP contribution in [0.4, 0.5) is 0 Å². The summed E-state index contributed by atoms with van der Waals surface area (Å²) in [4.78, 5) is 9.85. The molecular weight excluding hydrogens is 419 g/mol. The Labute approximate surface area is 163 Å². The molecule has 7 heteroatoms. The van der Waals surface area contributed by atoms with E-state index in [0.29, 0.717) is 11.5 Å². The normalized spacial score (nSPS) is 29.8. The number of guanidine groups is 1. The summed E-state index contributed by atoms with van der Waals surface area (Å²) in [6.45, 7) is 14.0. The number of hydrogen-bond acceptors (Lipinski definition) is 4. The van der Waals surface area contributed by atoms with Crippen LogP contribution < -0.4 is 5.32 Å². The van der Waals surface area contributed by atoms with Gasteiger partial charge in [-0.25, -0.2) is 0 Å². The second-order valence-electron chi connectivity index (χ2n) is 7.17. The molecular formula is C17H33IN4O2. The maximum absolute atomic E-state index is 5.64. The summed E-state index contributed by atoms with van der Waals surface area (Å²) in [7, 11) is 0. The molecule has 2 unspecified atom stereocenters. The molecule has 0 amide bonds. The average molecular weight is 452 g/mol. The quantitative estimate of drug-likeness (QED) is 0.397. The lowest BCUT2D eigenvalue weighted by atomic mass is 9.87. The number of ether oxygens (including phenoxy) is 2. The zero-order chi connectivity index (χ0) is 16.1. The molecule has 0 radical (unpaired) electrons. The van der Waals surface area contributed by atoms with Crippen LogP contribution in [-0.2, 0) is 9.47 Å². The Morgan fingerprint density at radius 2 is 1.96 bits per heavy atom. The van der Waals surface area contributed by atoms with E-state index in [2.05, 4.69) is 29.0 Å². The number of aliphatic imine (C=N–C) groups is 1. The third kappa shape index (κ3) is 4.95. The van der Waals surface area contributed by atoms with Crippen LogP contribution in [0.25, 0.3) is 0 Å². The first-order valence-corrected chi connectivity index (χ1v) is 9.15. The van der Waals surface area contributed by atoms with Crippen LogP contribution in [0.2, 0.25) is 0 Å². The molecule has 3 heterocycles. The number of halogens is 1. The molecule has 24 heavy (non-hydrogen) atoms.